The lowest BCUT2D eigenvalue weighted by Gasteiger charge is -2.43. The lowest BCUT2D eigenvalue weighted by atomic mass is 9.98. The number of barbiturate groups is 1. The number of carbonyl (C=O) groups is 3. The summed E-state index contributed by atoms with van der Waals surface area (Å²) in [4.78, 5) is 38.2. The Balaban J connectivity index is 1.95. The summed E-state index contributed by atoms with van der Waals surface area (Å²) in [5.74, 6) is -0.613. The highest BCUT2D eigenvalue weighted by molar-refractivity contribution is 6.20. The van der Waals surface area contributed by atoms with Crippen molar-refractivity contribution in [1.82, 2.24) is 15.1 Å². The summed E-state index contributed by atoms with van der Waals surface area (Å²) in [7, 11) is 1.45. The van der Waals surface area contributed by atoms with E-state index in [4.69, 9.17) is 0 Å². The Kier molecular flexibility index (Phi) is 1.72. The molecular formula is C10H13N3O3. The molecule has 86 valence electrons. The second kappa shape index (κ2) is 2.82. The van der Waals surface area contributed by atoms with Gasteiger partial charge in [0, 0.05) is 20.1 Å². The molecule has 2 saturated heterocycles. The van der Waals surface area contributed by atoms with E-state index in [9.17, 15) is 14.4 Å². The largest absolute Gasteiger partial charge is 0.333 e. The second-order valence-corrected chi connectivity index (χ2v) is 4.72. The fraction of sp³-hybridized carbons (Fsp3) is 0.700. The predicted octanol–water partition coefficient (Wildman–Crippen LogP) is -0.841. The van der Waals surface area contributed by atoms with Gasteiger partial charge in [0.1, 0.15) is 5.41 Å². The summed E-state index contributed by atoms with van der Waals surface area (Å²) in [5, 5.41) is 3.02. The smallest absolute Gasteiger partial charge is 0.312 e. The minimum absolute atomic E-state index is 0.0759. The third-order valence-corrected chi connectivity index (χ3v) is 3.71. The summed E-state index contributed by atoms with van der Waals surface area (Å²) in [6.45, 7) is 1.27. The maximum Gasteiger partial charge on any atom is 0.333 e. The number of amides is 4. The van der Waals surface area contributed by atoms with Gasteiger partial charge >= 0.3 is 6.03 Å². The Labute approximate surface area is 92.6 Å². The van der Waals surface area contributed by atoms with Gasteiger partial charge in [0.05, 0.1) is 6.04 Å². The topological polar surface area (TPSA) is 69.7 Å². The van der Waals surface area contributed by atoms with Crippen molar-refractivity contribution < 1.29 is 14.4 Å². The molecule has 0 aromatic carbocycles. The van der Waals surface area contributed by atoms with Crippen molar-refractivity contribution in [3.8, 4) is 0 Å². The van der Waals surface area contributed by atoms with Crippen molar-refractivity contribution in [2.45, 2.75) is 18.9 Å². The fourth-order valence-electron chi connectivity index (χ4n) is 2.31. The van der Waals surface area contributed by atoms with E-state index in [2.05, 4.69) is 5.32 Å². The summed E-state index contributed by atoms with van der Waals surface area (Å²) in [6, 6.07) is -0.549. The zero-order chi connectivity index (χ0) is 11.5. The normalized spacial score (nSPS) is 28.7. The quantitative estimate of drug-likeness (QED) is 0.588. The highest BCUT2D eigenvalue weighted by atomic mass is 16.2. The number of rotatable bonds is 1. The maximum absolute atomic E-state index is 12.1. The Morgan fingerprint density at radius 3 is 2.25 bits per heavy atom. The van der Waals surface area contributed by atoms with Crippen LogP contribution < -0.4 is 5.32 Å². The molecule has 6 heteroatoms. The van der Waals surface area contributed by atoms with Crippen LogP contribution in [0.4, 0.5) is 4.79 Å². The minimum atomic E-state index is -0.891. The summed E-state index contributed by atoms with van der Waals surface area (Å²) in [6.07, 6.45) is 1.16. The van der Waals surface area contributed by atoms with Crippen LogP contribution in [0.5, 0.6) is 0 Å². The van der Waals surface area contributed by atoms with E-state index in [-0.39, 0.29) is 17.9 Å². The van der Waals surface area contributed by atoms with Gasteiger partial charge in [-0.2, -0.15) is 0 Å². The van der Waals surface area contributed by atoms with Crippen LogP contribution in [-0.4, -0.2) is 53.8 Å². The Hall–Kier alpha value is -1.43. The minimum Gasteiger partial charge on any atom is -0.312 e. The van der Waals surface area contributed by atoms with Crippen molar-refractivity contribution in [3.63, 3.8) is 0 Å². The fourth-order valence-corrected chi connectivity index (χ4v) is 2.31. The number of imide groups is 2. The maximum atomic E-state index is 12.1. The lowest BCUT2D eigenvalue weighted by Crippen LogP contribution is -2.68. The van der Waals surface area contributed by atoms with Gasteiger partial charge in [0.25, 0.3) is 0 Å². The molecule has 1 N–H and O–H groups in total. The Bertz CT molecular complexity index is 398. The monoisotopic (exact) mass is 223 g/mol. The van der Waals surface area contributed by atoms with E-state index < -0.39 is 11.4 Å². The number of nitrogens with zero attached hydrogens (tertiary/aromatic N) is 2. The van der Waals surface area contributed by atoms with Crippen LogP contribution in [0.15, 0.2) is 0 Å². The van der Waals surface area contributed by atoms with E-state index in [0.717, 1.165) is 4.90 Å². The molecule has 1 spiro atoms. The standard InChI is InChI=1S/C10H13N3O3/c1-12-7(14)10(2-3-10)8(15)13(9(12)16)6-4-11-5-6/h6,11H,2-5H2,1H3. The van der Waals surface area contributed by atoms with Gasteiger partial charge in [-0.3, -0.25) is 19.4 Å². The lowest BCUT2D eigenvalue weighted by molar-refractivity contribution is -0.152. The van der Waals surface area contributed by atoms with E-state index in [1.165, 1.54) is 11.9 Å². The van der Waals surface area contributed by atoms with Gasteiger partial charge in [-0.25, -0.2) is 4.79 Å². The molecule has 6 nitrogen and oxygen atoms in total. The highest BCUT2D eigenvalue weighted by Crippen LogP contribution is 2.51. The number of carbonyl (C=O) groups excluding carboxylic acids is 3. The molecule has 1 saturated carbocycles. The molecule has 2 heterocycles. The van der Waals surface area contributed by atoms with Crippen LogP contribution in [-0.2, 0) is 9.59 Å². The van der Waals surface area contributed by atoms with Crippen molar-refractivity contribution in [2.75, 3.05) is 20.1 Å². The average molecular weight is 223 g/mol. The molecule has 3 rings (SSSR count). The summed E-state index contributed by atoms with van der Waals surface area (Å²) in [5.41, 5.74) is -0.891. The molecule has 3 fully saturated rings. The van der Waals surface area contributed by atoms with E-state index >= 15 is 0 Å². The molecule has 4 amide bonds. The van der Waals surface area contributed by atoms with Crippen LogP contribution in [0.3, 0.4) is 0 Å². The van der Waals surface area contributed by atoms with Gasteiger partial charge in [-0.05, 0) is 12.8 Å². The van der Waals surface area contributed by atoms with Crippen LogP contribution >= 0.6 is 0 Å². The van der Waals surface area contributed by atoms with Gasteiger partial charge in [-0.15, -0.1) is 0 Å². The van der Waals surface area contributed by atoms with Crippen molar-refractivity contribution in [1.29, 1.82) is 0 Å². The second-order valence-electron chi connectivity index (χ2n) is 4.72. The molecule has 0 unspecified atom stereocenters. The molecule has 2 aliphatic heterocycles. The number of hydrogen-bond donors (Lipinski definition) is 1. The van der Waals surface area contributed by atoms with Crippen molar-refractivity contribution in [2.24, 2.45) is 5.41 Å². The Morgan fingerprint density at radius 1 is 1.19 bits per heavy atom. The molecule has 1 aliphatic carbocycles. The molecule has 0 atom stereocenters. The first-order chi connectivity index (χ1) is 7.58. The van der Waals surface area contributed by atoms with Gasteiger partial charge in [-0.1, -0.05) is 0 Å². The average Bonchev–Trinajstić information content (AvgIpc) is 2.98. The first kappa shape index (κ1) is 9.77. The molecule has 0 radical (unpaired) electrons. The third kappa shape index (κ3) is 0.974. The predicted molar refractivity (Wildman–Crippen MR) is 53.3 cm³/mol. The first-order valence-corrected chi connectivity index (χ1v) is 5.44. The highest BCUT2D eigenvalue weighted by Gasteiger charge is 2.65. The summed E-state index contributed by atoms with van der Waals surface area (Å²) < 4.78 is 0. The zero-order valence-electron chi connectivity index (χ0n) is 9.02. The van der Waals surface area contributed by atoms with E-state index in [0.29, 0.717) is 25.9 Å². The van der Waals surface area contributed by atoms with Crippen molar-refractivity contribution in [3.05, 3.63) is 0 Å². The molecular weight excluding hydrogens is 210 g/mol. The van der Waals surface area contributed by atoms with Crippen LogP contribution in [0.25, 0.3) is 0 Å². The van der Waals surface area contributed by atoms with E-state index in [1.54, 1.807) is 0 Å². The Morgan fingerprint density at radius 2 is 1.81 bits per heavy atom. The summed E-state index contributed by atoms with van der Waals surface area (Å²) >= 11 is 0. The SMILES string of the molecule is CN1C(=O)N(C2CNC2)C(=O)C2(CC2)C1=O. The van der Waals surface area contributed by atoms with Gasteiger partial charge < -0.3 is 5.32 Å². The van der Waals surface area contributed by atoms with Crippen LogP contribution in [0.1, 0.15) is 12.8 Å². The number of urea groups is 1. The molecule has 0 bridgehead atoms. The molecule has 0 aromatic heterocycles. The van der Waals surface area contributed by atoms with E-state index in [1.807, 2.05) is 0 Å². The third-order valence-electron chi connectivity index (χ3n) is 3.71. The van der Waals surface area contributed by atoms with Gasteiger partial charge in [0.15, 0.2) is 0 Å². The number of nitrogens with one attached hydrogen (secondary N) is 1. The molecule has 16 heavy (non-hydrogen) atoms. The van der Waals surface area contributed by atoms with Gasteiger partial charge in [0.2, 0.25) is 11.8 Å². The van der Waals surface area contributed by atoms with Crippen LogP contribution in [0.2, 0.25) is 0 Å². The first-order valence-electron chi connectivity index (χ1n) is 5.44. The van der Waals surface area contributed by atoms with Crippen molar-refractivity contribution >= 4 is 17.8 Å². The van der Waals surface area contributed by atoms with Crippen LogP contribution in [0, 0.1) is 5.41 Å². The number of hydrogen-bond acceptors (Lipinski definition) is 4. The zero-order valence-corrected chi connectivity index (χ0v) is 9.02. The molecule has 3 aliphatic rings. The molecule has 0 aromatic rings.